The van der Waals surface area contributed by atoms with Crippen LogP contribution in [0.1, 0.15) is 0 Å². The molecule has 0 spiro atoms. The lowest BCUT2D eigenvalue weighted by atomic mass is 9.95. The molecule has 58 heavy (non-hydrogen) atoms. The lowest BCUT2D eigenvalue weighted by Gasteiger charge is -2.13. The van der Waals surface area contributed by atoms with Gasteiger partial charge in [0.25, 0.3) is 0 Å². The van der Waals surface area contributed by atoms with Gasteiger partial charge in [-0.05, 0) is 93.7 Å². The molecule has 8 aromatic carbocycles. The number of hydrogen-bond donors (Lipinski definition) is 0. The molecule has 4 heterocycles. The number of benzene rings is 8. The molecule has 0 atom stereocenters. The maximum Gasteiger partial charge on any atom is 0.221 e. The molecule has 0 aliphatic heterocycles. The van der Waals surface area contributed by atoms with Gasteiger partial charge in [0, 0.05) is 27.3 Å². The Morgan fingerprint density at radius 2 is 0.931 bits per heavy atom. The van der Waals surface area contributed by atoms with Gasteiger partial charge in [0.2, 0.25) is 5.95 Å². The Hall–Kier alpha value is -7.89. The van der Waals surface area contributed by atoms with Gasteiger partial charge in [-0.25, -0.2) is 15.0 Å². The van der Waals surface area contributed by atoms with Gasteiger partial charge >= 0.3 is 0 Å². The Morgan fingerprint density at radius 3 is 1.71 bits per heavy atom. The summed E-state index contributed by atoms with van der Waals surface area (Å²) in [5.41, 5.74) is 14.6. The zero-order valence-corrected chi connectivity index (χ0v) is 31.3. The van der Waals surface area contributed by atoms with Crippen LogP contribution in [0.4, 0.5) is 0 Å². The van der Waals surface area contributed by atoms with Crippen LogP contribution in [0.15, 0.2) is 200 Å². The Morgan fingerprint density at radius 1 is 0.328 bits per heavy atom. The van der Waals surface area contributed by atoms with E-state index in [9.17, 15) is 0 Å². The van der Waals surface area contributed by atoms with Crippen molar-refractivity contribution in [3.8, 4) is 50.7 Å². The van der Waals surface area contributed by atoms with Gasteiger partial charge in [0.15, 0.2) is 0 Å². The lowest BCUT2D eigenvalue weighted by Crippen LogP contribution is -2.06. The highest BCUT2D eigenvalue weighted by molar-refractivity contribution is 6.22. The second-order valence-corrected chi connectivity index (χ2v) is 14.9. The number of hydrogen-bond acceptors (Lipinski definition) is 3. The minimum Gasteiger partial charge on any atom is -0.279 e. The molecule has 0 aliphatic rings. The van der Waals surface area contributed by atoms with Crippen molar-refractivity contribution in [2.75, 3.05) is 0 Å². The molecule has 0 N–H and O–H groups in total. The van der Waals surface area contributed by atoms with Crippen molar-refractivity contribution in [2.24, 2.45) is 0 Å². The minimum atomic E-state index is 0.813. The monoisotopic (exact) mass is 739 g/mol. The predicted octanol–water partition coefficient (Wildman–Crippen LogP) is 13.3. The number of pyridine rings is 1. The van der Waals surface area contributed by atoms with E-state index in [1.807, 2.05) is 18.2 Å². The van der Waals surface area contributed by atoms with Crippen molar-refractivity contribution in [2.45, 2.75) is 0 Å². The largest absolute Gasteiger partial charge is 0.279 e. The molecule has 0 amide bonds. The molecular weight excluding hydrogens is 707 g/mol. The average Bonchev–Trinajstić information content (AvgIpc) is 3.86. The maximum atomic E-state index is 5.41. The summed E-state index contributed by atoms with van der Waals surface area (Å²) in [5.74, 6) is 0.813. The lowest BCUT2D eigenvalue weighted by molar-refractivity contribution is 0.980. The number of imidazole rings is 1. The Kier molecular flexibility index (Phi) is 7.16. The van der Waals surface area contributed by atoms with Crippen LogP contribution in [0, 0.1) is 0 Å². The van der Waals surface area contributed by atoms with Crippen molar-refractivity contribution >= 4 is 60.2 Å². The van der Waals surface area contributed by atoms with Gasteiger partial charge in [-0.3, -0.25) is 8.97 Å². The quantitative estimate of drug-likeness (QED) is 0.177. The summed E-state index contributed by atoms with van der Waals surface area (Å²) < 4.78 is 4.56. The van der Waals surface area contributed by atoms with Crippen LogP contribution in [0.5, 0.6) is 0 Å². The molecule has 0 saturated heterocycles. The molecule has 270 valence electrons. The van der Waals surface area contributed by atoms with E-state index >= 15 is 0 Å². The first-order valence-corrected chi connectivity index (χ1v) is 19.6. The third-order valence-corrected chi connectivity index (χ3v) is 11.5. The molecule has 0 radical (unpaired) electrons. The second kappa shape index (κ2) is 12.8. The molecular formula is C53H33N5. The van der Waals surface area contributed by atoms with Crippen molar-refractivity contribution in [3.05, 3.63) is 200 Å². The molecule has 12 aromatic rings. The fourth-order valence-corrected chi connectivity index (χ4v) is 8.75. The van der Waals surface area contributed by atoms with Gasteiger partial charge in [0.1, 0.15) is 5.65 Å². The number of fused-ring (bicyclic) bond motifs is 10. The topological polar surface area (TPSA) is 48.0 Å². The van der Waals surface area contributed by atoms with Crippen molar-refractivity contribution in [3.63, 3.8) is 0 Å². The molecule has 0 fully saturated rings. The standard InChI is InChI=1S/C53H33N5/c1-3-15-35(16-4-1)46-32-40(33-47(54-46)36-17-5-2-6-18-36)38-20-13-19-37(30-38)39-27-28-48-43(31-39)51-41-21-8-7-14-34(41)26-29-50(51)57(48)53-56-44-23-10-9-22-42(44)52-55-45-24-11-12-25-49(45)58(52)53/h1-33H. The summed E-state index contributed by atoms with van der Waals surface area (Å²) >= 11 is 0. The van der Waals surface area contributed by atoms with Crippen LogP contribution in [-0.4, -0.2) is 23.9 Å². The first kappa shape index (κ1) is 32.4. The Labute approximate surface area is 333 Å². The number of para-hydroxylation sites is 3. The minimum absolute atomic E-state index is 0.813. The molecule has 4 aromatic heterocycles. The van der Waals surface area contributed by atoms with E-state index in [0.717, 1.165) is 89.3 Å². The van der Waals surface area contributed by atoms with Crippen molar-refractivity contribution < 1.29 is 0 Å². The van der Waals surface area contributed by atoms with Crippen molar-refractivity contribution in [1.82, 2.24) is 23.9 Å². The van der Waals surface area contributed by atoms with Gasteiger partial charge in [-0.2, -0.15) is 0 Å². The summed E-state index contributed by atoms with van der Waals surface area (Å²) in [4.78, 5) is 15.7. The van der Waals surface area contributed by atoms with E-state index < -0.39 is 0 Å². The number of rotatable bonds is 5. The first-order valence-electron chi connectivity index (χ1n) is 19.6. The Bertz CT molecular complexity index is 3510. The SMILES string of the molecule is c1ccc(-c2cc(-c3cccc(-c4ccc5c(c4)c4c6ccccc6ccc4n5-c4nc5ccccc5c5nc6ccccc6n45)c3)cc(-c3ccccc3)n2)cc1. The fraction of sp³-hybridized carbons (Fsp3) is 0. The molecule has 0 saturated carbocycles. The smallest absolute Gasteiger partial charge is 0.221 e. The van der Waals surface area contributed by atoms with Crippen LogP contribution in [0.25, 0.3) is 111 Å². The summed E-state index contributed by atoms with van der Waals surface area (Å²) in [6.07, 6.45) is 0. The zero-order valence-electron chi connectivity index (χ0n) is 31.3. The maximum absolute atomic E-state index is 5.41. The van der Waals surface area contributed by atoms with Crippen LogP contribution >= 0.6 is 0 Å². The molecule has 0 bridgehead atoms. The van der Waals surface area contributed by atoms with Gasteiger partial charge in [-0.1, -0.05) is 140 Å². The summed E-state index contributed by atoms with van der Waals surface area (Å²) in [5, 5.41) is 5.81. The van der Waals surface area contributed by atoms with Gasteiger partial charge < -0.3 is 0 Å². The molecule has 0 unspecified atom stereocenters. The van der Waals surface area contributed by atoms with Crippen LogP contribution < -0.4 is 0 Å². The van der Waals surface area contributed by atoms with Crippen LogP contribution in [-0.2, 0) is 0 Å². The molecule has 5 heteroatoms. The van der Waals surface area contributed by atoms with E-state index in [1.54, 1.807) is 0 Å². The fourth-order valence-electron chi connectivity index (χ4n) is 8.75. The number of nitrogens with zero attached hydrogens (tertiary/aromatic N) is 5. The number of aromatic nitrogens is 5. The average molecular weight is 740 g/mol. The van der Waals surface area contributed by atoms with E-state index in [4.69, 9.17) is 15.0 Å². The van der Waals surface area contributed by atoms with E-state index in [2.05, 4.69) is 191 Å². The van der Waals surface area contributed by atoms with Crippen molar-refractivity contribution in [1.29, 1.82) is 0 Å². The van der Waals surface area contributed by atoms with Crippen LogP contribution in [0.2, 0.25) is 0 Å². The first-order chi connectivity index (χ1) is 28.7. The Balaban J connectivity index is 1.09. The second-order valence-electron chi connectivity index (χ2n) is 14.9. The van der Waals surface area contributed by atoms with Gasteiger partial charge in [-0.15, -0.1) is 0 Å². The highest BCUT2D eigenvalue weighted by Crippen LogP contribution is 2.40. The summed E-state index contributed by atoms with van der Waals surface area (Å²) in [6, 6.07) is 70.9. The summed E-state index contributed by atoms with van der Waals surface area (Å²) in [7, 11) is 0. The van der Waals surface area contributed by atoms with Gasteiger partial charge in [0.05, 0.1) is 39.0 Å². The molecule has 12 rings (SSSR count). The van der Waals surface area contributed by atoms with E-state index in [1.165, 1.54) is 21.5 Å². The normalized spacial score (nSPS) is 11.8. The third-order valence-electron chi connectivity index (χ3n) is 11.5. The van der Waals surface area contributed by atoms with Crippen LogP contribution in [0.3, 0.4) is 0 Å². The van der Waals surface area contributed by atoms with E-state index in [-0.39, 0.29) is 0 Å². The predicted molar refractivity (Wildman–Crippen MR) is 239 cm³/mol. The molecule has 0 aliphatic carbocycles. The third kappa shape index (κ3) is 5.07. The highest BCUT2D eigenvalue weighted by atomic mass is 15.2. The van der Waals surface area contributed by atoms with E-state index in [0.29, 0.717) is 0 Å². The zero-order chi connectivity index (χ0) is 38.2. The highest BCUT2D eigenvalue weighted by Gasteiger charge is 2.21. The summed E-state index contributed by atoms with van der Waals surface area (Å²) in [6.45, 7) is 0. The molecule has 5 nitrogen and oxygen atoms in total.